The summed E-state index contributed by atoms with van der Waals surface area (Å²) in [5, 5.41) is 11.5. The molecule has 1 saturated heterocycles. The Morgan fingerprint density at radius 3 is 2.38 bits per heavy atom. The number of carbonyl (C=O) groups is 2. The van der Waals surface area contributed by atoms with Gasteiger partial charge in [0, 0.05) is 32.7 Å². The summed E-state index contributed by atoms with van der Waals surface area (Å²) in [6.07, 6.45) is 2.10. The van der Waals surface area contributed by atoms with Crippen molar-refractivity contribution in [3.8, 4) is 0 Å². The van der Waals surface area contributed by atoms with Crippen molar-refractivity contribution in [1.29, 1.82) is 0 Å². The van der Waals surface area contributed by atoms with Gasteiger partial charge in [-0.2, -0.15) is 4.31 Å². The Bertz CT molecular complexity index is 774. The molecule has 0 bridgehead atoms. The number of nitrogens with zero attached hydrogens (tertiary/aromatic N) is 2. The number of hydrogen-bond acceptors (Lipinski definition) is 4. The lowest BCUT2D eigenvalue weighted by atomic mass is 10.1. The second-order valence-electron chi connectivity index (χ2n) is 6.64. The molecule has 3 rings (SSSR count). The van der Waals surface area contributed by atoms with Crippen LogP contribution in [0.2, 0.25) is 0 Å². The molecule has 0 radical (unpaired) electrons. The molecule has 2 fully saturated rings. The Balaban J connectivity index is 1.51. The Labute approximate surface area is 152 Å². The highest BCUT2D eigenvalue weighted by atomic mass is 32.2. The maximum atomic E-state index is 12.4. The molecule has 26 heavy (non-hydrogen) atoms. The molecule has 142 valence electrons. The van der Waals surface area contributed by atoms with Gasteiger partial charge in [-0.05, 0) is 37.0 Å². The van der Waals surface area contributed by atoms with Gasteiger partial charge >= 0.3 is 12.0 Å². The van der Waals surface area contributed by atoms with E-state index < -0.39 is 16.0 Å². The highest BCUT2D eigenvalue weighted by Crippen LogP contribution is 2.31. The molecule has 2 aliphatic rings. The van der Waals surface area contributed by atoms with Crippen LogP contribution in [0.3, 0.4) is 0 Å². The van der Waals surface area contributed by atoms with E-state index in [-0.39, 0.29) is 16.8 Å². The first-order valence-electron chi connectivity index (χ1n) is 8.72. The highest BCUT2D eigenvalue weighted by Gasteiger charge is 2.40. The van der Waals surface area contributed by atoms with E-state index in [9.17, 15) is 18.0 Å². The lowest BCUT2D eigenvalue weighted by molar-refractivity contribution is 0.0697. The topological polar surface area (TPSA) is 107 Å². The molecule has 1 saturated carbocycles. The largest absolute Gasteiger partial charge is 0.478 e. The van der Waals surface area contributed by atoms with E-state index in [0.29, 0.717) is 39.1 Å². The SMILES string of the molecule is O=C(O)c1ccc(CNC(=O)N2CCCN(S(=O)(=O)C3CC3)CC2)cc1. The highest BCUT2D eigenvalue weighted by molar-refractivity contribution is 7.90. The summed E-state index contributed by atoms with van der Waals surface area (Å²) in [6.45, 7) is 1.97. The molecule has 1 aliphatic heterocycles. The van der Waals surface area contributed by atoms with E-state index in [1.54, 1.807) is 17.0 Å². The molecule has 1 aromatic rings. The molecule has 8 nitrogen and oxygen atoms in total. The summed E-state index contributed by atoms with van der Waals surface area (Å²) in [6, 6.07) is 6.08. The van der Waals surface area contributed by atoms with E-state index in [2.05, 4.69) is 5.32 Å². The molecular formula is C17H23N3O5S. The quantitative estimate of drug-likeness (QED) is 0.794. The van der Waals surface area contributed by atoms with Gasteiger partial charge in [0.2, 0.25) is 10.0 Å². The van der Waals surface area contributed by atoms with Crippen LogP contribution in [0, 0.1) is 0 Å². The zero-order chi connectivity index (χ0) is 18.7. The van der Waals surface area contributed by atoms with Crippen molar-refractivity contribution >= 4 is 22.0 Å². The van der Waals surface area contributed by atoms with Gasteiger partial charge in [-0.3, -0.25) is 0 Å². The molecule has 1 aromatic carbocycles. The van der Waals surface area contributed by atoms with E-state index >= 15 is 0 Å². The van der Waals surface area contributed by atoms with Gasteiger partial charge in [-0.25, -0.2) is 18.0 Å². The van der Waals surface area contributed by atoms with Gasteiger partial charge in [0.1, 0.15) is 0 Å². The normalized spacial score (nSPS) is 19.0. The van der Waals surface area contributed by atoms with Crippen LogP contribution in [0.4, 0.5) is 4.79 Å². The summed E-state index contributed by atoms with van der Waals surface area (Å²) in [5.74, 6) is -0.990. The number of amides is 2. The summed E-state index contributed by atoms with van der Waals surface area (Å²) in [4.78, 5) is 24.8. The number of aromatic carboxylic acids is 1. The number of urea groups is 1. The Kier molecular flexibility index (Phi) is 5.47. The predicted molar refractivity (Wildman–Crippen MR) is 95.3 cm³/mol. The van der Waals surface area contributed by atoms with Crippen molar-refractivity contribution in [3.05, 3.63) is 35.4 Å². The number of carbonyl (C=O) groups excluding carboxylic acids is 1. The summed E-state index contributed by atoms with van der Waals surface area (Å²) < 4.78 is 26.2. The fourth-order valence-corrected chi connectivity index (χ4v) is 4.86. The van der Waals surface area contributed by atoms with Crippen molar-refractivity contribution < 1.29 is 23.1 Å². The lowest BCUT2D eigenvalue weighted by Crippen LogP contribution is -2.42. The summed E-state index contributed by atoms with van der Waals surface area (Å²) >= 11 is 0. The molecule has 0 aromatic heterocycles. The first-order valence-corrected chi connectivity index (χ1v) is 10.2. The first kappa shape index (κ1) is 18.7. The Morgan fingerprint density at radius 1 is 1.08 bits per heavy atom. The number of hydrogen-bond donors (Lipinski definition) is 2. The second kappa shape index (κ2) is 7.63. The van der Waals surface area contributed by atoms with Crippen LogP contribution in [0.5, 0.6) is 0 Å². The first-order chi connectivity index (χ1) is 12.4. The standard InChI is InChI=1S/C17H23N3O5S/c21-16(22)14-4-2-13(3-5-14)12-18-17(23)19-8-1-9-20(11-10-19)26(24,25)15-6-7-15/h2-5,15H,1,6-12H2,(H,18,23)(H,21,22). The zero-order valence-electron chi connectivity index (χ0n) is 14.4. The van der Waals surface area contributed by atoms with Crippen LogP contribution < -0.4 is 5.32 Å². The van der Waals surface area contributed by atoms with Crippen LogP contribution >= 0.6 is 0 Å². The van der Waals surface area contributed by atoms with E-state index in [1.807, 2.05) is 0 Å². The minimum Gasteiger partial charge on any atom is -0.478 e. The number of benzene rings is 1. The van der Waals surface area contributed by atoms with E-state index in [0.717, 1.165) is 18.4 Å². The second-order valence-corrected chi connectivity index (χ2v) is 8.86. The summed E-state index contributed by atoms with van der Waals surface area (Å²) in [5.41, 5.74) is 1.00. The van der Waals surface area contributed by atoms with Gasteiger partial charge in [0.15, 0.2) is 0 Å². The van der Waals surface area contributed by atoms with Crippen LogP contribution in [0.1, 0.15) is 35.2 Å². The number of rotatable bonds is 5. The van der Waals surface area contributed by atoms with Crippen LogP contribution in [0.15, 0.2) is 24.3 Å². The van der Waals surface area contributed by atoms with Crippen molar-refractivity contribution in [3.63, 3.8) is 0 Å². The number of sulfonamides is 1. The number of nitrogens with one attached hydrogen (secondary N) is 1. The minimum atomic E-state index is -3.20. The third-order valence-electron chi connectivity index (χ3n) is 4.69. The van der Waals surface area contributed by atoms with Gasteiger partial charge in [-0.1, -0.05) is 12.1 Å². The fourth-order valence-electron chi connectivity index (χ4n) is 2.98. The van der Waals surface area contributed by atoms with Gasteiger partial charge < -0.3 is 15.3 Å². The third-order valence-corrected chi connectivity index (χ3v) is 7.09. The van der Waals surface area contributed by atoms with Crippen LogP contribution in [-0.4, -0.2) is 66.2 Å². The van der Waals surface area contributed by atoms with Crippen molar-refractivity contribution in [2.24, 2.45) is 0 Å². The number of carboxylic acids is 1. The molecule has 1 aliphatic carbocycles. The molecule has 9 heteroatoms. The van der Waals surface area contributed by atoms with Gasteiger partial charge in [0.05, 0.1) is 10.8 Å². The molecule has 0 atom stereocenters. The smallest absolute Gasteiger partial charge is 0.335 e. The molecular weight excluding hydrogens is 358 g/mol. The Morgan fingerprint density at radius 2 is 1.77 bits per heavy atom. The minimum absolute atomic E-state index is 0.199. The van der Waals surface area contributed by atoms with Crippen LogP contribution in [0.25, 0.3) is 0 Å². The Hall–Kier alpha value is -2.13. The zero-order valence-corrected chi connectivity index (χ0v) is 15.2. The molecule has 1 heterocycles. The molecule has 0 unspecified atom stereocenters. The number of carboxylic acid groups (broad SMARTS) is 1. The average Bonchev–Trinajstić information content (AvgIpc) is 3.46. The lowest BCUT2D eigenvalue weighted by Gasteiger charge is -2.22. The predicted octanol–water partition coefficient (Wildman–Crippen LogP) is 1.09. The van der Waals surface area contributed by atoms with E-state index in [4.69, 9.17) is 5.11 Å². The summed E-state index contributed by atoms with van der Waals surface area (Å²) in [7, 11) is -3.20. The molecule has 2 N–H and O–H groups in total. The van der Waals surface area contributed by atoms with Crippen LogP contribution in [-0.2, 0) is 16.6 Å². The fraction of sp³-hybridized carbons (Fsp3) is 0.529. The maximum Gasteiger partial charge on any atom is 0.335 e. The average molecular weight is 381 g/mol. The van der Waals surface area contributed by atoms with E-state index in [1.165, 1.54) is 16.4 Å². The van der Waals surface area contributed by atoms with Gasteiger partial charge in [0.25, 0.3) is 0 Å². The van der Waals surface area contributed by atoms with Crippen molar-refractivity contribution in [1.82, 2.24) is 14.5 Å². The van der Waals surface area contributed by atoms with Crippen molar-refractivity contribution in [2.45, 2.75) is 31.1 Å². The van der Waals surface area contributed by atoms with Crippen molar-refractivity contribution in [2.75, 3.05) is 26.2 Å². The molecule has 2 amide bonds. The maximum absolute atomic E-state index is 12.4. The van der Waals surface area contributed by atoms with Gasteiger partial charge in [-0.15, -0.1) is 0 Å². The molecule has 0 spiro atoms. The third kappa shape index (κ3) is 4.34. The monoisotopic (exact) mass is 381 g/mol.